The van der Waals surface area contributed by atoms with Crippen molar-refractivity contribution in [3.05, 3.63) is 59.6 Å². The summed E-state index contributed by atoms with van der Waals surface area (Å²) in [6.07, 6.45) is 5.30. The second-order valence-electron chi connectivity index (χ2n) is 13.5. The van der Waals surface area contributed by atoms with Gasteiger partial charge in [0.25, 0.3) is 0 Å². The zero-order valence-electron chi connectivity index (χ0n) is 30.4. The number of benzene rings is 1. The predicted octanol–water partition coefficient (Wildman–Crippen LogP) is 4.29. The lowest BCUT2D eigenvalue weighted by atomic mass is 10.0. The lowest BCUT2D eigenvalue weighted by Gasteiger charge is -2.30. The highest BCUT2D eigenvalue weighted by molar-refractivity contribution is 5.87. The average molecular weight is 711 g/mol. The van der Waals surface area contributed by atoms with Crippen LogP contribution >= 0.6 is 0 Å². The summed E-state index contributed by atoms with van der Waals surface area (Å²) in [5, 5.41) is 5.33. The fourth-order valence-electron chi connectivity index (χ4n) is 6.54. The number of carbonyl (C=O) groups excluding carboxylic acids is 4. The number of carbonyl (C=O) groups is 4. The number of likely N-dealkylation sites (tertiary alicyclic amines) is 2. The summed E-state index contributed by atoms with van der Waals surface area (Å²) >= 11 is 0. The van der Waals surface area contributed by atoms with Crippen LogP contribution in [0.15, 0.2) is 36.7 Å². The van der Waals surface area contributed by atoms with E-state index in [9.17, 15) is 19.2 Å². The van der Waals surface area contributed by atoms with Gasteiger partial charge < -0.3 is 39.9 Å². The SMILES string of the molecule is COC(=O)N[C@H](C(=O)N1CCC[C@H]1c1ncc(C#CC#Cc2ccc(-c3cnc([C@@H]4CCCN4C(=O)[C@H](NC(=O)OC)C(C)C)[nH]3)cc2)[nH]1)C(C)C. The lowest BCUT2D eigenvalue weighted by molar-refractivity contribution is -0.136. The Morgan fingerprint density at radius 2 is 1.25 bits per heavy atom. The summed E-state index contributed by atoms with van der Waals surface area (Å²) in [7, 11) is 2.55. The van der Waals surface area contributed by atoms with Gasteiger partial charge in [-0.05, 0) is 73.0 Å². The second kappa shape index (κ2) is 17.0. The molecule has 2 saturated heterocycles. The highest BCUT2D eigenvalue weighted by Gasteiger charge is 2.38. The van der Waals surface area contributed by atoms with E-state index in [1.54, 1.807) is 22.2 Å². The molecule has 2 aliphatic heterocycles. The van der Waals surface area contributed by atoms with Crippen LogP contribution in [0.1, 0.15) is 88.4 Å². The number of methoxy groups -OCH3 is 2. The lowest BCUT2D eigenvalue weighted by Crippen LogP contribution is -2.51. The number of H-pyrrole nitrogens is 2. The Bertz CT molecular complexity index is 1880. The van der Waals surface area contributed by atoms with Gasteiger partial charge in [-0.3, -0.25) is 9.59 Å². The van der Waals surface area contributed by atoms with Crippen molar-refractivity contribution in [3.63, 3.8) is 0 Å². The molecule has 274 valence electrons. The van der Waals surface area contributed by atoms with Crippen LogP contribution in [-0.4, -0.2) is 93.1 Å². The number of hydrogen-bond donors (Lipinski definition) is 4. The summed E-state index contributed by atoms with van der Waals surface area (Å²) in [6.45, 7) is 8.68. The van der Waals surface area contributed by atoms with Gasteiger partial charge >= 0.3 is 12.2 Å². The van der Waals surface area contributed by atoms with Gasteiger partial charge in [-0.15, -0.1) is 0 Å². The molecular weight excluding hydrogens is 664 g/mol. The Morgan fingerprint density at radius 3 is 1.77 bits per heavy atom. The van der Waals surface area contributed by atoms with Gasteiger partial charge in [-0.1, -0.05) is 45.7 Å². The van der Waals surface area contributed by atoms with E-state index in [0.717, 1.165) is 42.5 Å². The first kappa shape index (κ1) is 37.5. The maximum Gasteiger partial charge on any atom is 0.407 e. The topological polar surface area (TPSA) is 175 Å². The molecule has 0 unspecified atom stereocenters. The van der Waals surface area contributed by atoms with E-state index in [1.165, 1.54) is 14.2 Å². The summed E-state index contributed by atoms with van der Waals surface area (Å²) in [6, 6.07) is 5.84. The van der Waals surface area contributed by atoms with E-state index in [2.05, 4.69) is 54.3 Å². The minimum absolute atomic E-state index is 0.111. The van der Waals surface area contributed by atoms with Crippen molar-refractivity contribution in [1.82, 2.24) is 40.4 Å². The maximum absolute atomic E-state index is 13.4. The van der Waals surface area contributed by atoms with Gasteiger partial charge in [0.05, 0.1) is 44.4 Å². The van der Waals surface area contributed by atoms with E-state index in [0.29, 0.717) is 30.4 Å². The first-order valence-electron chi connectivity index (χ1n) is 17.5. The second-order valence-corrected chi connectivity index (χ2v) is 13.5. The average Bonchev–Trinajstić information content (AvgIpc) is 3.97. The smallest absolute Gasteiger partial charge is 0.407 e. The molecule has 0 bridgehead atoms. The fraction of sp³-hybridized carbons (Fsp3) is 0.474. The van der Waals surface area contributed by atoms with E-state index < -0.39 is 24.3 Å². The molecule has 2 aromatic heterocycles. The largest absolute Gasteiger partial charge is 0.453 e. The number of ether oxygens (including phenoxy) is 2. The Balaban J connectivity index is 1.20. The van der Waals surface area contributed by atoms with Crippen molar-refractivity contribution in [1.29, 1.82) is 0 Å². The molecule has 0 radical (unpaired) electrons. The minimum atomic E-state index is -0.703. The van der Waals surface area contributed by atoms with Crippen LogP contribution in [0.2, 0.25) is 0 Å². The molecule has 4 heterocycles. The number of aromatic amines is 2. The third-order valence-electron chi connectivity index (χ3n) is 9.34. The van der Waals surface area contributed by atoms with Crippen LogP contribution in [0, 0.1) is 35.5 Å². The molecule has 0 saturated carbocycles. The van der Waals surface area contributed by atoms with Gasteiger partial charge in [0, 0.05) is 18.7 Å². The number of alkyl carbamates (subject to hydrolysis) is 2. The number of nitrogens with zero attached hydrogens (tertiary/aromatic N) is 4. The molecule has 3 aromatic rings. The van der Waals surface area contributed by atoms with Crippen molar-refractivity contribution < 1.29 is 28.7 Å². The molecule has 5 rings (SSSR count). The van der Waals surface area contributed by atoms with Crippen molar-refractivity contribution in [3.8, 4) is 34.9 Å². The van der Waals surface area contributed by atoms with E-state index in [1.807, 2.05) is 52.0 Å². The van der Waals surface area contributed by atoms with Crippen LogP contribution in [0.4, 0.5) is 9.59 Å². The molecule has 2 fully saturated rings. The monoisotopic (exact) mass is 710 g/mol. The van der Waals surface area contributed by atoms with Crippen molar-refractivity contribution in [2.75, 3.05) is 27.3 Å². The number of nitrogens with one attached hydrogen (secondary N) is 4. The molecule has 2 aliphatic rings. The normalized spacial score (nSPS) is 17.8. The zero-order valence-corrected chi connectivity index (χ0v) is 30.4. The van der Waals surface area contributed by atoms with E-state index >= 15 is 0 Å². The molecule has 14 heteroatoms. The van der Waals surface area contributed by atoms with Crippen LogP contribution < -0.4 is 10.6 Å². The molecule has 4 amide bonds. The van der Waals surface area contributed by atoms with Gasteiger partial charge in [-0.2, -0.15) is 0 Å². The van der Waals surface area contributed by atoms with Crippen LogP contribution in [0.3, 0.4) is 0 Å². The van der Waals surface area contributed by atoms with Crippen molar-refractivity contribution >= 4 is 24.0 Å². The molecule has 1 aromatic carbocycles. The van der Waals surface area contributed by atoms with Gasteiger partial charge in [0.2, 0.25) is 11.8 Å². The third-order valence-corrected chi connectivity index (χ3v) is 9.34. The standard InChI is InChI=1S/C38H46N8O6/c1-23(2)31(43-37(49)51-5)35(47)45-19-9-13-29(45)33-39-21-27(41-33)12-8-7-11-25-15-17-26(18-16-25)28-22-40-34(42-28)30-14-10-20-46(30)36(48)32(24(3)4)44-38(50)52-6/h15-18,21-24,29-32H,9-10,13-14,19-20H2,1-6H3,(H,39,41)(H,40,42)(H,43,49)(H,44,50)/t29-,30-,31-,32+/m0/s1. The van der Waals surface area contributed by atoms with Gasteiger partial charge in [0.1, 0.15) is 29.4 Å². The fourth-order valence-corrected chi connectivity index (χ4v) is 6.54. The Labute approximate surface area is 303 Å². The number of hydrogen-bond acceptors (Lipinski definition) is 8. The van der Waals surface area contributed by atoms with Crippen molar-refractivity contribution in [2.24, 2.45) is 11.8 Å². The quantitative estimate of drug-likeness (QED) is 0.238. The number of aromatic nitrogens is 4. The maximum atomic E-state index is 13.4. The predicted molar refractivity (Wildman–Crippen MR) is 192 cm³/mol. The molecular formula is C38H46N8O6. The zero-order chi connectivity index (χ0) is 37.4. The number of rotatable bonds is 9. The van der Waals surface area contributed by atoms with Crippen LogP contribution in [-0.2, 0) is 19.1 Å². The minimum Gasteiger partial charge on any atom is -0.453 e. The first-order chi connectivity index (χ1) is 25.0. The van der Waals surface area contributed by atoms with Gasteiger partial charge in [0.15, 0.2) is 0 Å². The first-order valence-corrected chi connectivity index (χ1v) is 17.5. The Hall–Kier alpha value is -5.76. The molecule has 0 spiro atoms. The van der Waals surface area contributed by atoms with Crippen LogP contribution in [0.5, 0.6) is 0 Å². The number of amides is 4. The number of imidazole rings is 2. The van der Waals surface area contributed by atoms with E-state index in [-0.39, 0.29) is 35.7 Å². The molecule has 4 atom stereocenters. The highest BCUT2D eigenvalue weighted by atomic mass is 16.5. The van der Waals surface area contributed by atoms with Crippen LogP contribution in [0.25, 0.3) is 11.3 Å². The summed E-state index contributed by atoms with van der Waals surface area (Å²) in [5.74, 6) is 12.6. The Morgan fingerprint density at radius 1 is 0.750 bits per heavy atom. The Kier molecular flexibility index (Phi) is 12.2. The summed E-state index contributed by atoms with van der Waals surface area (Å²) in [5.41, 5.74) is 3.11. The molecule has 14 nitrogen and oxygen atoms in total. The van der Waals surface area contributed by atoms with E-state index in [4.69, 9.17) is 9.47 Å². The third kappa shape index (κ3) is 8.75. The summed E-state index contributed by atoms with van der Waals surface area (Å²) in [4.78, 5) is 69.8. The highest BCUT2D eigenvalue weighted by Crippen LogP contribution is 2.33. The summed E-state index contributed by atoms with van der Waals surface area (Å²) < 4.78 is 9.44. The molecule has 0 aliphatic carbocycles. The molecule has 4 N–H and O–H groups in total. The van der Waals surface area contributed by atoms with Crippen molar-refractivity contribution in [2.45, 2.75) is 77.5 Å². The van der Waals surface area contributed by atoms with Gasteiger partial charge in [-0.25, -0.2) is 19.6 Å². The molecule has 52 heavy (non-hydrogen) atoms.